The van der Waals surface area contributed by atoms with Gasteiger partial charge >= 0.3 is 0 Å². The molecule has 6 heteroatoms. The van der Waals surface area contributed by atoms with Gasteiger partial charge in [-0.2, -0.15) is 5.10 Å². The van der Waals surface area contributed by atoms with Gasteiger partial charge in [-0.05, 0) is 47.7 Å². The van der Waals surface area contributed by atoms with Crippen molar-refractivity contribution >= 4 is 29.1 Å². The number of rotatable bonds is 7. The number of nitrogens with zero attached hydrogens (tertiary/aromatic N) is 1. The molecule has 0 unspecified atom stereocenters. The number of aromatic amines is 1. The molecule has 0 fully saturated rings. The highest BCUT2D eigenvalue weighted by molar-refractivity contribution is 6.42. The number of hydrogen-bond acceptors (Lipinski definition) is 2. The summed E-state index contributed by atoms with van der Waals surface area (Å²) in [5.41, 5.74) is 4.19. The van der Waals surface area contributed by atoms with Crippen LogP contribution in [0.3, 0.4) is 0 Å². The van der Waals surface area contributed by atoms with Gasteiger partial charge in [-0.15, -0.1) is 0 Å². The third-order valence-electron chi connectivity index (χ3n) is 4.11. The highest BCUT2D eigenvalue weighted by atomic mass is 35.5. The number of carbonyl (C=O) groups is 1. The van der Waals surface area contributed by atoms with Gasteiger partial charge in [-0.3, -0.25) is 9.89 Å². The van der Waals surface area contributed by atoms with Gasteiger partial charge in [0.25, 0.3) is 0 Å². The first-order valence-corrected chi connectivity index (χ1v) is 9.17. The third kappa shape index (κ3) is 5.10. The van der Waals surface area contributed by atoms with Crippen molar-refractivity contribution in [1.82, 2.24) is 15.5 Å². The molecule has 0 radical (unpaired) electrons. The summed E-state index contributed by atoms with van der Waals surface area (Å²) in [6, 6.07) is 15.5. The van der Waals surface area contributed by atoms with Crippen molar-refractivity contribution in [2.45, 2.75) is 25.8 Å². The average molecular weight is 388 g/mol. The van der Waals surface area contributed by atoms with Gasteiger partial charge < -0.3 is 5.32 Å². The molecule has 0 aliphatic rings. The molecule has 26 heavy (non-hydrogen) atoms. The Hall–Kier alpha value is -2.30. The van der Waals surface area contributed by atoms with E-state index in [1.807, 2.05) is 42.5 Å². The molecule has 0 aliphatic heterocycles. The predicted molar refractivity (Wildman–Crippen MR) is 105 cm³/mol. The lowest BCUT2D eigenvalue weighted by Crippen LogP contribution is -2.22. The van der Waals surface area contributed by atoms with Crippen molar-refractivity contribution in [3.8, 4) is 11.3 Å². The molecule has 0 atom stereocenters. The van der Waals surface area contributed by atoms with E-state index in [0.717, 1.165) is 35.2 Å². The largest absolute Gasteiger partial charge is 0.352 e. The Labute approximate surface area is 162 Å². The summed E-state index contributed by atoms with van der Waals surface area (Å²) < 4.78 is 0. The number of benzene rings is 2. The van der Waals surface area contributed by atoms with Gasteiger partial charge in [0.2, 0.25) is 5.91 Å². The van der Waals surface area contributed by atoms with Gasteiger partial charge in [0.15, 0.2) is 0 Å². The second-order valence-corrected chi connectivity index (χ2v) is 6.86. The van der Waals surface area contributed by atoms with E-state index in [1.165, 1.54) is 0 Å². The zero-order chi connectivity index (χ0) is 18.4. The molecule has 0 spiro atoms. The monoisotopic (exact) mass is 387 g/mol. The zero-order valence-corrected chi connectivity index (χ0v) is 15.6. The van der Waals surface area contributed by atoms with Crippen LogP contribution in [0.2, 0.25) is 10.0 Å². The fraction of sp³-hybridized carbons (Fsp3) is 0.200. The minimum atomic E-state index is 0.0442. The molecule has 134 valence electrons. The lowest BCUT2D eigenvalue weighted by Gasteiger charge is -2.07. The number of amides is 1. The second kappa shape index (κ2) is 8.88. The first kappa shape index (κ1) is 18.5. The molecule has 0 aliphatic carbocycles. The number of halogens is 2. The van der Waals surface area contributed by atoms with Crippen molar-refractivity contribution in [1.29, 1.82) is 0 Å². The first-order chi connectivity index (χ1) is 12.6. The summed E-state index contributed by atoms with van der Waals surface area (Å²) in [6.45, 7) is 0.523. The summed E-state index contributed by atoms with van der Waals surface area (Å²) >= 11 is 11.9. The van der Waals surface area contributed by atoms with Crippen LogP contribution in [-0.2, 0) is 17.8 Å². The minimum absolute atomic E-state index is 0.0442. The van der Waals surface area contributed by atoms with Gasteiger partial charge in [0, 0.05) is 19.2 Å². The van der Waals surface area contributed by atoms with Crippen LogP contribution >= 0.6 is 23.2 Å². The van der Waals surface area contributed by atoms with E-state index in [9.17, 15) is 4.79 Å². The third-order valence-corrected chi connectivity index (χ3v) is 4.85. The number of carbonyl (C=O) groups excluding carboxylic acids is 1. The standard InChI is InChI=1S/C20H19Cl2N3O/c21-17-9-6-14(12-18(17)22)2-1-3-20(26)23-13-15-4-7-16(8-5-15)19-10-11-24-25-19/h4-12H,1-3,13H2,(H,23,26)(H,24,25). The van der Waals surface area contributed by atoms with Crippen LogP contribution in [-0.4, -0.2) is 16.1 Å². The maximum atomic E-state index is 12.0. The Morgan fingerprint density at radius 3 is 2.46 bits per heavy atom. The molecule has 0 saturated carbocycles. The molecular formula is C20H19Cl2N3O. The van der Waals surface area contributed by atoms with E-state index in [4.69, 9.17) is 23.2 Å². The highest BCUT2D eigenvalue weighted by Crippen LogP contribution is 2.23. The van der Waals surface area contributed by atoms with E-state index in [-0.39, 0.29) is 5.91 Å². The van der Waals surface area contributed by atoms with Crippen LogP contribution in [0.5, 0.6) is 0 Å². The Morgan fingerprint density at radius 1 is 1.00 bits per heavy atom. The number of H-pyrrole nitrogens is 1. The Morgan fingerprint density at radius 2 is 1.77 bits per heavy atom. The molecule has 0 saturated heterocycles. The van der Waals surface area contributed by atoms with Crippen molar-refractivity contribution < 1.29 is 4.79 Å². The molecule has 1 heterocycles. The Kier molecular flexibility index (Phi) is 6.31. The first-order valence-electron chi connectivity index (χ1n) is 8.41. The quantitative estimate of drug-likeness (QED) is 0.597. The molecule has 2 aromatic carbocycles. The van der Waals surface area contributed by atoms with E-state index in [0.29, 0.717) is 23.0 Å². The van der Waals surface area contributed by atoms with Crippen LogP contribution < -0.4 is 5.32 Å². The minimum Gasteiger partial charge on any atom is -0.352 e. The molecule has 1 amide bonds. The van der Waals surface area contributed by atoms with E-state index < -0.39 is 0 Å². The van der Waals surface area contributed by atoms with Crippen LogP contribution in [0.25, 0.3) is 11.3 Å². The van der Waals surface area contributed by atoms with E-state index in [2.05, 4.69) is 15.5 Å². The summed E-state index contributed by atoms with van der Waals surface area (Å²) in [5.74, 6) is 0.0442. The number of aryl methyl sites for hydroxylation is 1. The number of aromatic nitrogens is 2. The van der Waals surface area contributed by atoms with Crippen molar-refractivity contribution in [2.24, 2.45) is 0 Å². The maximum Gasteiger partial charge on any atom is 0.220 e. The molecule has 4 nitrogen and oxygen atoms in total. The zero-order valence-electron chi connectivity index (χ0n) is 14.1. The van der Waals surface area contributed by atoms with Gasteiger partial charge in [0.1, 0.15) is 0 Å². The van der Waals surface area contributed by atoms with Gasteiger partial charge in [-0.25, -0.2) is 0 Å². The SMILES string of the molecule is O=C(CCCc1ccc(Cl)c(Cl)c1)NCc1ccc(-c2ccn[nH]2)cc1. The van der Waals surface area contributed by atoms with Crippen LogP contribution in [0.1, 0.15) is 24.0 Å². The van der Waals surface area contributed by atoms with Crippen molar-refractivity contribution in [2.75, 3.05) is 0 Å². The van der Waals surface area contributed by atoms with Crippen LogP contribution in [0.4, 0.5) is 0 Å². The molecule has 1 aromatic heterocycles. The highest BCUT2D eigenvalue weighted by Gasteiger charge is 2.04. The molecule has 3 rings (SSSR count). The van der Waals surface area contributed by atoms with E-state index in [1.54, 1.807) is 12.3 Å². The normalized spacial score (nSPS) is 10.7. The molecule has 0 bridgehead atoms. The summed E-state index contributed by atoms with van der Waals surface area (Å²) in [6.07, 6.45) is 3.76. The maximum absolute atomic E-state index is 12.0. The number of hydrogen-bond donors (Lipinski definition) is 2. The lowest BCUT2D eigenvalue weighted by atomic mass is 10.1. The summed E-state index contributed by atoms with van der Waals surface area (Å²) in [4.78, 5) is 12.0. The predicted octanol–water partition coefficient (Wildman–Crippen LogP) is 5.02. The number of nitrogens with one attached hydrogen (secondary N) is 2. The van der Waals surface area contributed by atoms with Crippen LogP contribution in [0.15, 0.2) is 54.7 Å². The Balaban J connectivity index is 1.41. The van der Waals surface area contributed by atoms with Gasteiger partial charge in [-0.1, -0.05) is 53.5 Å². The molecule has 3 aromatic rings. The fourth-order valence-electron chi connectivity index (χ4n) is 2.66. The van der Waals surface area contributed by atoms with Gasteiger partial charge in [0.05, 0.1) is 15.7 Å². The average Bonchev–Trinajstić information content (AvgIpc) is 3.18. The van der Waals surface area contributed by atoms with Crippen molar-refractivity contribution in [3.05, 3.63) is 75.9 Å². The summed E-state index contributed by atoms with van der Waals surface area (Å²) in [7, 11) is 0. The fourth-order valence-corrected chi connectivity index (χ4v) is 2.98. The Bertz CT molecular complexity index is 861. The second-order valence-electron chi connectivity index (χ2n) is 6.05. The molecule has 2 N–H and O–H groups in total. The topological polar surface area (TPSA) is 57.8 Å². The lowest BCUT2D eigenvalue weighted by molar-refractivity contribution is -0.121. The van der Waals surface area contributed by atoms with E-state index >= 15 is 0 Å². The molecular weight excluding hydrogens is 369 g/mol. The van der Waals surface area contributed by atoms with Crippen LogP contribution in [0, 0.1) is 0 Å². The smallest absolute Gasteiger partial charge is 0.220 e. The summed E-state index contributed by atoms with van der Waals surface area (Å²) in [5, 5.41) is 10.9. The van der Waals surface area contributed by atoms with Crippen molar-refractivity contribution in [3.63, 3.8) is 0 Å².